The first-order chi connectivity index (χ1) is 9.08. The molecule has 1 heterocycles. The normalized spacial score (nSPS) is 10.2. The lowest BCUT2D eigenvalue weighted by molar-refractivity contribution is 0.0702. The van der Waals surface area contributed by atoms with Crippen molar-refractivity contribution in [3.05, 3.63) is 57.3 Å². The number of carbonyl (C=O) groups is 2. The third-order valence-electron chi connectivity index (χ3n) is 2.74. The van der Waals surface area contributed by atoms with Gasteiger partial charge in [0.25, 0.3) is 5.91 Å². The van der Waals surface area contributed by atoms with Gasteiger partial charge in [0.05, 0.1) is 4.88 Å². The van der Waals surface area contributed by atoms with Crippen LogP contribution in [0.1, 0.15) is 30.5 Å². The fraction of sp³-hybridized carbons (Fsp3) is 0.143. The highest BCUT2D eigenvalue weighted by atomic mass is 32.1. The van der Waals surface area contributed by atoms with Crippen LogP contribution in [0.3, 0.4) is 0 Å². The van der Waals surface area contributed by atoms with E-state index in [9.17, 15) is 9.59 Å². The SMILES string of the molecule is Cc1ccccc1CNC(=O)c1ccc(C(=O)O)s1. The van der Waals surface area contributed by atoms with Crippen LogP contribution in [0.4, 0.5) is 0 Å². The Kier molecular flexibility index (Phi) is 3.97. The molecule has 0 aliphatic carbocycles. The number of carboxylic acid groups (broad SMARTS) is 1. The first-order valence-corrected chi connectivity index (χ1v) is 6.55. The summed E-state index contributed by atoms with van der Waals surface area (Å²) < 4.78 is 0. The molecule has 0 bridgehead atoms. The number of amides is 1. The molecule has 0 aliphatic rings. The van der Waals surface area contributed by atoms with Crippen molar-refractivity contribution >= 4 is 23.2 Å². The second kappa shape index (κ2) is 5.67. The van der Waals surface area contributed by atoms with Gasteiger partial charge < -0.3 is 10.4 Å². The number of thiophene rings is 1. The van der Waals surface area contributed by atoms with Crippen LogP contribution in [0.15, 0.2) is 36.4 Å². The summed E-state index contributed by atoms with van der Waals surface area (Å²) in [5.74, 6) is -1.26. The van der Waals surface area contributed by atoms with E-state index >= 15 is 0 Å². The zero-order chi connectivity index (χ0) is 13.8. The molecule has 98 valence electrons. The van der Waals surface area contributed by atoms with Crippen molar-refractivity contribution in [1.82, 2.24) is 5.32 Å². The summed E-state index contributed by atoms with van der Waals surface area (Å²) in [6.45, 7) is 2.42. The van der Waals surface area contributed by atoms with E-state index in [1.165, 1.54) is 12.1 Å². The first-order valence-electron chi connectivity index (χ1n) is 5.74. The van der Waals surface area contributed by atoms with Crippen LogP contribution in [0.5, 0.6) is 0 Å². The summed E-state index contributed by atoms with van der Waals surface area (Å²) >= 11 is 0.977. The molecule has 2 N–H and O–H groups in total. The molecular weight excluding hydrogens is 262 g/mol. The molecule has 0 radical (unpaired) electrons. The Balaban J connectivity index is 2.01. The van der Waals surface area contributed by atoms with Crippen LogP contribution in [-0.4, -0.2) is 17.0 Å². The van der Waals surface area contributed by atoms with Gasteiger partial charge in [-0.25, -0.2) is 4.79 Å². The number of aryl methyl sites for hydroxylation is 1. The van der Waals surface area contributed by atoms with Gasteiger partial charge in [0.1, 0.15) is 4.88 Å². The molecule has 2 rings (SSSR count). The average Bonchev–Trinajstić information content (AvgIpc) is 2.87. The van der Waals surface area contributed by atoms with Crippen molar-refractivity contribution < 1.29 is 14.7 Å². The second-order valence-corrected chi connectivity index (χ2v) is 5.16. The number of carboxylic acids is 1. The highest BCUT2D eigenvalue weighted by Crippen LogP contribution is 2.16. The van der Waals surface area contributed by atoms with Gasteiger partial charge in [0.15, 0.2) is 0 Å². The van der Waals surface area contributed by atoms with Crippen molar-refractivity contribution in [3.63, 3.8) is 0 Å². The van der Waals surface area contributed by atoms with Gasteiger partial charge in [0.2, 0.25) is 0 Å². The van der Waals surface area contributed by atoms with Crippen molar-refractivity contribution in [2.75, 3.05) is 0 Å². The summed E-state index contributed by atoms with van der Waals surface area (Å²) in [5, 5.41) is 11.6. The molecule has 0 spiro atoms. The number of hydrogen-bond donors (Lipinski definition) is 2. The van der Waals surface area contributed by atoms with Crippen LogP contribution in [0.2, 0.25) is 0 Å². The molecule has 0 saturated heterocycles. The molecule has 5 heteroatoms. The van der Waals surface area contributed by atoms with Gasteiger partial charge in [-0.3, -0.25) is 4.79 Å². The Labute approximate surface area is 114 Å². The maximum absolute atomic E-state index is 11.9. The molecule has 0 unspecified atom stereocenters. The Morgan fingerprint density at radius 2 is 1.84 bits per heavy atom. The van der Waals surface area contributed by atoms with Gasteiger partial charge in [-0.15, -0.1) is 11.3 Å². The van der Waals surface area contributed by atoms with E-state index < -0.39 is 5.97 Å². The highest BCUT2D eigenvalue weighted by Gasteiger charge is 2.12. The first kappa shape index (κ1) is 13.3. The monoisotopic (exact) mass is 275 g/mol. The molecule has 19 heavy (non-hydrogen) atoms. The molecule has 1 aromatic carbocycles. The fourth-order valence-corrected chi connectivity index (χ4v) is 2.41. The summed E-state index contributed by atoms with van der Waals surface area (Å²) in [5.41, 5.74) is 2.16. The van der Waals surface area contributed by atoms with E-state index in [4.69, 9.17) is 5.11 Å². The molecule has 0 aliphatic heterocycles. The van der Waals surface area contributed by atoms with Crippen LogP contribution in [-0.2, 0) is 6.54 Å². The van der Waals surface area contributed by atoms with E-state index in [1.54, 1.807) is 0 Å². The Morgan fingerprint density at radius 3 is 2.47 bits per heavy atom. The summed E-state index contributed by atoms with van der Waals surface area (Å²) in [6, 6.07) is 10.8. The minimum Gasteiger partial charge on any atom is -0.477 e. The Hall–Kier alpha value is -2.14. The molecule has 2 aromatic rings. The minimum absolute atomic E-state index is 0.168. The van der Waals surface area contributed by atoms with Gasteiger partial charge in [-0.1, -0.05) is 24.3 Å². The smallest absolute Gasteiger partial charge is 0.345 e. The van der Waals surface area contributed by atoms with E-state index in [-0.39, 0.29) is 10.8 Å². The van der Waals surface area contributed by atoms with Gasteiger partial charge >= 0.3 is 5.97 Å². The molecule has 0 fully saturated rings. The van der Waals surface area contributed by atoms with Crippen LogP contribution < -0.4 is 5.32 Å². The summed E-state index contributed by atoms with van der Waals surface area (Å²) in [7, 11) is 0. The van der Waals surface area contributed by atoms with Gasteiger partial charge in [-0.2, -0.15) is 0 Å². The molecule has 0 saturated carbocycles. The van der Waals surface area contributed by atoms with Crippen molar-refractivity contribution in [3.8, 4) is 0 Å². The highest BCUT2D eigenvalue weighted by molar-refractivity contribution is 7.15. The summed E-state index contributed by atoms with van der Waals surface area (Å²) in [4.78, 5) is 23.2. The van der Waals surface area contributed by atoms with E-state index in [2.05, 4.69) is 5.32 Å². The number of benzene rings is 1. The zero-order valence-electron chi connectivity index (χ0n) is 10.3. The lowest BCUT2D eigenvalue weighted by Gasteiger charge is -2.06. The number of hydrogen-bond acceptors (Lipinski definition) is 3. The molecule has 1 amide bonds. The predicted molar refractivity (Wildman–Crippen MR) is 73.6 cm³/mol. The largest absolute Gasteiger partial charge is 0.477 e. The third kappa shape index (κ3) is 3.20. The van der Waals surface area contributed by atoms with E-state index in [0.29, 0.717) is 11.4 Å². The van der Waals surface area contributed by atoms with Crippen LogP contribution in [0.25, 0.3) is 0 Å². The Morgan fingerprint density at radius 1 is 1.16 bits per heavy atom. The minimum atomic E-state index is -1.01. The van der Waals surface area contributed by atoms with Crippen molar-refractivity contribution in [2.24, 2.45) is 0 Å². The van der Waals surface area contributed by atoms with Crippen molar-refractivity contribution in [1.29, 1.82) is 0 Å². The van der Waals surface area contributed by atoms with Crippen LogP contribution >= 0.6 is 11.3 Å². The standard InChI is InChI=1S/C14H13NO3S/c1-9-4-2-3-5-10(9)8-15-13(16)11-6-7-12(19-11)14(17)18/h2-7H,8H2,1H3,(H,15,16)(H,17,18). The quantitative estimate of drug-likeness (QED) is 0.901. The van der Waals surface area contributed by atoms with Gasteiger partial charge in [0, 0.05) is 6.54 Å². The number of carbonyl (C=O) groups excluding carboxylic acids is 1. The predicted octanol–water partition coefficient (Wildman–Crippen LogP) is 2.68. The van der Waals surface area contributed by atoms with Gasteiger partial charge in [-0.05, 0) is 30.2 Å². The number of aromatic carboxylic acids is 1. The lowest BCUT2D eigenvalue weighted by Crippen LogP contribution is -2.22. The van der Waals surface area contributed by atoms with Crippen LogP contribution in [0, 0.1) is 6.92 Å². The Bertz CT molecular complexity index is 619. The number of rotatable bonds is 4. The maximum Gasteiger partial charge on any atom is 0.345 e. The second-order valence-electron chi connectivity index (χ2n) is 4.08. The molecule has 4 nitrogen and oxygen atoms in total. The maximum atomic E-state index is 11.9. The summed E-state index contributed by atoms with van der Waals surface area (Å²) in [6.07, 6.45) is 0. The average molecular weight is 275 g/mol. The molecule has 0 atom stereocenters. The molecule has 1 aromatic heterocycles. The van der Waals surface area contributed by atoms with Crippen molar-refractivity contribution in [2.45, 2.75) is 13.5 Å². The third-order valence-corrected chi connectivity index (χ3v) is 3.81. The van der Waals surface area contributed by atoms with E-state index in [0.717, 1.165) is 22.5 Å². The zero-order valence-corrected chi connectivity index (χ0v) is 11.2. The number of nitrogens with one attached hydrogen (secondary N) is 1. The van der Waals surface area contributed by atoms with E-state index in [1.807, 2.05) is 31.2 Å². The fourth-order valence-electron chi connectivity index (χ4n) is 1.65. The lowest BCUT2D eigenvalue weighted by atomic mass is 10.1. The topological polar surface area (TPSA) is 66.4 Å². The molecular formula is C14H13NO3S.